The normalized spacial score (nSPS) is 15.0. The quantitative estimate of drug-likeness (QED) is 0.791. The van der Waals surface area contributed by atoms with Crippen molar-refractivity contribution in [3.05, 3.63) is 51.9 Å². The maximum Gasteiger partial charge on any atom is 0.289 e. The molecule has 0 aliphatic carbocycles. The van der Waals surface area contributed by atoms with Crippen molar-refractivity contribution in [1.82, 2.24) is 9.80 Å². The highest BCUT2D eigenvalue weighted by Gasteiger charge is 2.25. The van der Waals surface area contributed by atoms with Crippen LogP contribution in [0.15, 0.2) is 33.2 Å². The second-order valence-electron chi connectivity index (χ2n) is 6.27. The minimum absolute atomic E-state index is 0.0468. The SMILES string of the molecule is Cc1ccc(C(=O)N2CCN(CC(=O)Nc3c(F)cc(F)cc3Br)CC2)o1. The molecule has 1 aromatic heterocycles. The van der Waals surface area contributed by atoms with Crippen molar-refractivity contribution in [2.45, 2.75) is 6.92 Å². The van der Waals surface area contributed by atoms with E-state index in [0.29, 0.717) is 43.8 Å². The molecule has 1 fully saturated rings. The van der Waals surface area contributed by atoms with Crippen molar-refractivity contribution in [2.75, 3.05) is 38.0 Å². The summed E-state index contributed by atoms with van der Waals surface area (Å²) in [6, 6.07) is 5.17. The molecule has 27 heavy (non-hydrogen) atoms. The van der Waals surface area contributed by atoms with E-state index in [-0.39, 0.29) is 22.6 Å². The van der Waals surface area contributed by atoms with Crippen molar-refractivity contribution in [1.29, 1.82) is 0 Å². The summed E-state index contributed by atoms with van der Waals surface area (Å²) < 4.78 is 32.4. The van der Waals surface area contributed by atoms with Crippen LogP contribution in [0.5, 0.6) is 0 Å². The number of hydrogen-bond donors (Lipinski definition) is 1. The number of aryl methyl sites for hydroxylation is 1. The first-order valence-corrected chi connectivity index (χ1v) is 9.15. The lowest BCUT2D eigenvalue weighted by Crippen LogP contribution is -2.50. The van der Waals surface area contributed by atoms with Gasteiger partial charge in [0.1, 0.15) is 11.6 Å². The summed E-state index contributed by atoms with van der Waals surface area (Å²) in [6.07, 6.45) is 0. The third kappa shape index (κ3) is 4.72. The van der Waals surface area contributed by atoms with Gasteiger partial charge in [0.05, 0.1) is 12.2 Å². The van der Waals surface area contributed by atoms with Gasteiger partial charge in [0.2, 0.25) is 5.91 Å². The van der Waals surface area contributed by atoms with Gasteiger partial charge >= 0.3 is 0 Å². The monoisotopic (exact) mass is 441 g/mol. The first kappa shape index (κ1) is 19.5. The van der Waals surface area contributed by atoms with Crippen LogP contribution in [-0.2, 0) is 4.79 Å². The predicted octanol–water partition coefficient (Wildman–Crippen LogP) is 3.03. The van der Waals surface area contributed by atoms with Crippen LogP contribution in [0.3, 0.4) is 0 Å². The van der Waals surface area contributed by atoms with E-state index in [0.717, 1.165) is 6.07 Å². The van der Waals surface area contributed by atoms with E-state index in [1.165, 1.54) is 0 Å². The van der Waals surface area contributed by atoms with Crippen LogP contribution in [-0.4, -0.2) is 54.3 Å². The number of carbonyl (C=O) groups is 2. The van der Waals surface area contributed by atoms with Crippen molar-refractivity contribution < 1.29 is 22.8 Å². The molecule has 1 aromatic carbocycles. The Kier molecular flexibility index (Phi) is 5.91. The summed E-state index contributed by atoms with van der Waals surface area (Å²) in [5, 5.41) is 2.45. The van der Waals surface area contributed by atoms with Gasteiger partial charge in [-0.15, -0.1) is 0 Å². The van der Waals surface area contributed by atoms with Crippen molar-refractivity contribution in [3.8, 4) is 0 Å². The number of nitrogens with zero attached hydrogens (tertiary/aromatic N) is 2. The number of furan rings is 1. The molecular formula is C18H18BrF2N3O3. The van der Waals surface area contributed by atoms with Gasteiger partial charge in [-0.25, -0.2) is 8.78 Å². The van der Waals surface area contributed by atoms with Crippen molar-refractivity contribution in [2.24, 2.45) is 0 Å². The van der Waals surface area contributed by atoms with Crippen LogP contribution < -0.4 is 5.32 Å². The maximum absolute atomic E-state index is 13.8. The van der Waals surface area contributed by atoms with Crippen molar-refractivity contribution in [3.63, 3.8) is 0 Å². The molecule has 0 bridgehead atoms. The largest absolute Gasteiger partial charge is 0.456 e. The van der Waals surface area contributed by atoms with Gasteiger partial charge in [-0.3, -0.25) is 14.5 Å². The number of hydrogen-bond acceptors (Lipinski definition) is 4. The minimum Gasteiger partial charge on any atom is -0.456 e. The fourth-order valence-corrected chi connectivity index (χ4v) is 3.37. The Morgan fingerprint density at radius 1 is 1.19 bits per heavy atom. The molecule has 0 saturated carbocycles. The zero-order chi connectivity index (χ0) is 19.6. The first-order chi connectivity index (χ1) is 12.8. The van der Waals surface area contributed by atoms with Gasteiger partial charge in [-0.05, 0) is 41.1 Å². The number of nitrogens with one attached hydrogen (secondary N) is 1. The molecule has 1 N–H and O–H groups in total. The van der Waals surface area contributed by atoms with Gasteiger partial charge in [-0.2, -0.15) is 0 Å². The zero-order valence-corrected chi connectivity index (χ0v) is 16.2. The lowest BCUT2D eigenvalue weighted by Gasteiger charge is -2.33. The maximum atomic E-state index is 13.8. The van der Waals surface area contributed by atoms with E-state index in [4.69, 9.17) is 4.42 Å². The second-order valence-corrected chi connectivity index (χ2v) is 7.13. The highest BCUT2D eigenvalue weighted by molar-refractivity contribution is 9.10. The average molecular weight is 442 g/mol. The van der Waals surface area contributed by atoms with Crippen LogP contribution in [0.25, 0.3) is 0 Å². The summed E-state index contributed by atoms with van der Waals surface area (Å²) >= 11 is 3.04. The van der Waals surface area contributed by atoms with Crippen LogP contribution in [0, 0.1) is 18.6 Å². The van der Waals surface area contributed by atoms with E-state index in [1.54, 1.807) is 24.0 Å². The lowest BCUT2D eigenvalue weighted by molar-refractivity contribution is -0.117. The highest BCUT2D eigenvalue weighted by Crippen LogP contribution is 2.26. The standard InChI is InChI=1S/C18H18BrF2N3O3/c1-11-2-3-15(27-11)18(26)24-6-4-23(5-7-24)10-16(25)22-17-13(19)8-12(20)9-14(17)21/h2-3,8-9H,4-7,10H2,1H3,(H,22,25). The average Bonchev–Trinajstić information content (AvgIpc) is 3.04. The fraction of sp³-hybridized carbons (Fsp3) is 0.333. The summed E-state index contributed by atoms with van der Waals surface area (Å²) in [6.45, 7) is 3.75. The van der Waals surface area contributed by atoms with Gasteiger partial charge in [0, 0.05) is 36.7 Å². The van der Waals surface area contributed by atoms with Crippen LogP contribution in [0.4, 0.5) is 14.5 Å². The van der Waals surface area contributed by atoms with Crippen LogP contribution in [0.2, 0.25) is 0 Å². The van der Waals surface area contributed by atoms with E-state index in [9.17, 15) is 18.4 Å². The van der Waals surface area contributed by atoms with Gasteiger partial charge < -0.3 is 14.6 Å². The second kappa shape index (κ2) is 8.18. The molecule has 3 rings (SSSR count). The molecule has 0 spiro atoms. The number of amides is 2. The molecule has 1 saturated heterocycles. The summed E-state index contributed by atoms with van der Waals surface area (Å²) in [4.78, 5) is 28.1. The third-order valence-electron chi connectivity index (χ3n) is 4.25. The van der Waals surface area contributed by atoms with Crippen LogP contribution in [0.1, 0.15) is 16.3 Å². The Morgan fingerprint density at radius 3 is 2.48 bits per heavy atom. The Bertz CT molecular complexity index is 840. The number of carbonyl (C=O) groups excluding carboxylic acids is 2. The molecule has 9 heteroatoms. The third-order valence-corrected chi connectivity index (χ3v) is 4.87. The number of anilines is 1. The Hall–Kier alpha value is -2.26. The molecule has 0 unspecified atom stereocenters. The minimum atomic E-state index is -0.848. The number of halogens is 3. The first-order valence-electron chi connectivity index (χ1n) is 8.36. The highest BCUT2D eigenvalue weighted by atomic mass is 79.9. The number of piperazine rings is 1. The molecule has 0 atom stereocenters. The van der Waals surface area contributed by atoms with Crippen molar-refractivity contribution >= 4 is 33.4 Å². The topological polar surface area (TPSA) is 65.8 Å². The molecule has 0 radical (unpaired) electrons. The number of benzene rings is 1. The Balaban J connectivity index is 1.52. The fourth-order valence-electron chi connectivity index (χ4n) is 2.86. The summed E-state index contributed by atoms with van der Waals surface area (Å²) in [5.41, 5.74) is -0.0941. The van der Waals surface area contributed by atoms with Crippen LogP contribution >= 0.6 is 15.9 Å². The van der Waals surface area contributed by atoms with E-state index in [1.807, 2.05) is 4.90 Å². The molecule has 2 amide bonds. The Morgan fingerprint density at radius 2 is 1.89 bits per heavy atom. The predicted molar refractivity (Wildman–Crippen MR) is 98.5 cm³/mol. The molecular weight excluding hydrogens is 424 g/mol. The summed E-state index contributed by atoms with van der Waals surface area (Å²) in [7, 11) is 0. The van der Waals surface area contributed by atoms with E-state index >= 15 is 0 Å². The van der Waals surface area contributed by atoms with Gasteiger partial charge in [0.25, 0.3) is 5.91 Å². The number of rotatable bonds is 4. The van der Waals surface area contributed by atoms with E-state index < -0.39 is 17.5 Å². The van der Waals surface area contributed by atoms with Gasteiger partial charge in [0.15, 0.2) is 11.6 Å². The van der Waals surface area contributed by atoms with Gasteiger partial charge in [-0.1, -0.05) is 0 Å². The lowest BCUT2D eigenvalue weighted by atomic mass is 10.2. The molecule has 144 valence electrons. The smallest absolute Gasteiger partial charge is 0.289 e. The van der Waals surface area contributed by atoms with E-state index in [2.05, 4.69) is 21.2 Å². The molecule has 2 heterocycles. The molecule has 1 aliphatic rings. The Labute approximate surface area is 163 Å². The zero-order valence-electron chi connectivity index (χ0n) is 14.6. The molecule has 1 aliphatic heterocycles. The molecule has 2 aromatic rings. The summed E-state index contributed by atoms with van der Waals surface area (Å²) in [5.74, 6) is -1.19. The molecule has 6 nitrogen and oxygen atoms in total.